The number of hydrogen-bond acceptors (Lipinski definition) is 3. The maximum absolute atomic E-state index is 13.2. The Kier molecular flexibility index (Phi) is 3.83. The second kappa shape index (κ2) is 5.79. The summed E-state index contributed by atoms with van der Waals surface area (Å²) in [6.07, 6.45) is 1.21. The number of nitrogens with zero attached hydrogens (tertiary/aromatic N) is 1. The number of esters is 1. The standard InChI is InChI=1S/C16H17FN2O3/c1-22-16(21)10-4-6-19(7-5-10)15(20)14-9-11-8-12(17)2-3-13(11)18-14/h2-3,8-10,18H,4-7H2,1H3. The largest absolute Gasteiger partial charge is 0.469 e. The lowest BCUT2D eigenvalue weighted by atomic mass is 9.97. The Hall–Kier alpha value is -2.37. The average molecular weight is 304 g/mol. The van der Waals surface area contributed by atoms with E-state index in [1.165, 1.54) is 19.2 Å². The third kappa shape index (κ3) is 2.68. The van der Waals surface area contributed by atoms with Gasteiger partial charge < -0.3 is 14.6 Å². The number of carbonyl (C=O) groups excluding carboxylic acids is 2. The van der Waals surface area contributed by atoms with Gasteiger partial charge in [0.2, 0.25) is 0 Å². The zero-order valence-corrected chi connectivity index (χ0v) is 12.3. The second-order valence-electron chi connectivity index (χ2n) is 5.50. The third-order valence-electron chi connectivity index (χ3n) is 4.13. The molecular formula is C16H17FN2O3. The van der Waals surface area contributed by atoms with Crippen LogP contribution in [0.5, 0.6) is 0 Å². The molecule has 0 unspecified atom stereocenters. The van der Waals surface area contributed by atoms with Gasteiger partial charge in [0.15, 0.2) is 0 Å². The number of halogens is 1. The number of ether oxygens (including phenoxy) is 1. The van der Waals surface area contributed by atoms with Crippen LogP contribution in [0, 0.1) is 11.7 Å². The number of likely N-dealkylation sites (tertiary alicyclic amines) is 1. The maximum atomic E-state index is 13.2. The van der Waals surface area contributed by atoms with Crippen molar-refractivity contribution in [2.75, 3.05) is 20.2 Å². The summed E-state index contributed by atoms with van der Waals surface area (Å²) >= 11 is 0. The van der Waals surface area contributed by atoms with Crippen molar-refractivity contribution in [3.8, 4) is 0 Å². The Morgan fingerprint density at radius 3 is 2.68 bits per heavy atom. The van der Waals surface area contributed by atoms with Gasteiger partial charge in [-0.1, -0.05) is 0 Å². The van der Waals surface area contributed by atoms with Crippen molar-refractivity contribution in [3.63, 3.8) is 0 Å². The SMILES string of the molecule is COC(=O)C1CCN(C(=O)c2cc3cc(F)ccc3[nH]2)CC1. The van der Waals surface area contributed by atoms with Crippen molar-refractivity contribution >= 4 is 22.8 Å². The number of fused-ring (bicyclic) bond motifs is 1. The number of carbonyl (C=O) groups is 2. The molecule has 1 aromatic heterocycles. The number of piperidine rings is 1. The fraction of sp³-hybridized carbons (Fsp3) is 0.375. The van der Waals surface area contributed by atoms with Gasteiger partial charge in [-0.15, -0.1) is 0 Å². The minimum atomic E-state index is -0.329. The Labute approximate surface area is 127 Å². The van der Waals surface area contributed by atoms with Gasteiger partial charge in [-0.25, -0.2) is 4.39 Å². The van der Waals surface area contributed by atoms with E-state index in [0.717, 1.165) is 5.52 Å². The zero-order chi connectivity index (χ0) is 15.7. The van der Waals surface area contributed by atoms with Crippen LogP contribution in [0.3, 0.4) is 0 Å². The Morgan fingerprint density at radius 2 is 2.00 bits per heavy atom. The van der Waals surface area contributed by atoms with Crippen LogP contribution >= 0.6 is 0 Å². The number of aromatic amines is 1. The molecule has 3 rings (SSSR count). The molecule has 0 atom stereocenters. The minimum Gasteiger partial charge on any atom is -0.469 e. The molecule has 116 valence electrons. The van der Waals surface area contributed by atoms with Crippen LogP contribution in [0.2, 0.25) is 0 Å². The predicted molar refractivity (Wildman–Crippen MR) is 78.9 cm³/mol. The van der Waals surface area contributed by atoms with E-state index < -0.39 is 0 Å². The van der Waals surface area contributed by atoms with E-state index in [9.17, 15) is 14.0 Å². The molecule has 0 radical (unpaired) electrons. The lowest BCUT2D eigenvalue weighted by molar-refractivity contribution is -0.146. The quantitative estimate of drug-likeness (QED) is 0.866. The first kappa shape index (κ1) is 14.6. The molecule has 0 saturated carbocycles. The minimum absolute atomic E-state index is 0.125. The number of amides is 1. The average Bonchev–Trinajstić information content (AvgIpc) is 2.96. The van der Waals surface area contributed by atoms with Gasteiger partial charge in [0.25, 0.3) is 5.91 Å². The summed E-state index contributed by atoms with van der Waals surface area (Å²) in [4.78, 5) is 28.7. The van der Waals surface area contributed by atoms with Crippen LogP contribution in [0.1, 0.15) is 23.3 Å². The van der Waals surface area contributed by atoms with E-state index in [1.807, 2.05) is 0 Å². The van der Waals surface area contributed by atoms with Crippen LogP contribution in [0.15, 0.2) is 24.3 Å². The summed E-state index contributed by atoms with van der Waals surface area (Å²) in [5.74, 6) is -0.802. The summed E-state index contributed by atoms with van der Waals surface area (Å²) in [5, 5.41) is 0.674. The molecule has 22 heavy (non-hydrogen) atoms. The molecule has 1 aromatic carbocycles. The van der Waals surface area contributed by atoms with Crippen molar-refractivity contribution in [1.82, 2.24) is 9.88 Å². The molecular weight excluding hydrogens is 287 g/mol. The number of hydrogen-bond donors (Lipinski definition) is 1. The highest BCUT2D eigenvalue weighted by molar-refractivity contribution is 5.98. The summed E-state index contributed by atoms with van der Waals surface area (Å²) in [5.41, 5.74) is 1.17. The van der Waals surface area contributed by atoms with E-state index in [0.29, 0.717) is 37.0 Å². The van der Waals surface area contributed by atoms with Crippen molar-refractivity contribution in [2.24, 2.45) is 5.92 Å². The lowest BCUT2D eigenvalue weighted by Gasteiger charge is -2.30. The Bertz CT molecular complexity index is 717. The molecule has 1 N–H and O–H groups in total. The topological polar surface area (TPSA) is 62.4 Å². The molecule has 1 fully saturated rings. The Balaban J connectivity index is 1.72. The molecule has 1 aliphatic heterocycles. The lowest BCUT2D eigenvalue weighted by Crippen LogP contribution is -2.40. The van der Waals surface area contributed by atoms with Crippen molar-refractivity contribution in [3.05, 3.63) is 35.8 Å². The number of aromatic nitrogens is 1. The Morgan fingerprint density at radius 1 is 1.27 bits per heavy atom. The van der Waals surface area contributed by atoms with Crippen molar-refractivity contribution < 1.29 is 18.7 Å². The number of methoxy groups -OCH3 is 1. The molecule has 6 heteroatoms. The van der Waals surface area contributed by atoms with E-state index in [2.05, 4.69) is 4.98 Å². The van der Waals surface area contributed by atoms with Crippen molar-refractivity contribution in [2.45, 2.75) is 12.8 Å². The number of rotatable bonds is 2. The summed E-state index contributed by atoms with van der Waals surface area (Å²) in [6, 6.07) is 6.03. The third-order valence-corrected chi connectivity index (χ3v) is 4.13. The van der Waals surface area contributed by atoms with Gasteiger partial charge in [0.1, 0.15) is 11.5 Å². The van der Waals surface area contributed by atoms with Gasteiger partial charge >= 0.3 is 5.97 Å². The monoisotopic (exact) mass is 304 g/mol. The fourth-order valence-corrected chi connectivity index (χ4v) is 2.87. The van der Waals surface area contributed by atoms with Gasteiger partial charge in [0.05, 0.1) is 13.0 Å². The molecule has 2 heterocycles. The molecule has 5 nitrogen and oxygen atoms in total. The van der Waals surface area contributed by atoms with Crippen LogP contribution in [-0.2, 0) is 9.53 Å². The zero-order valence-electron chi connectivity index (χ0n) is 12.3. The molecule has 0 aliphatic carbocycles. The van der Waals surface area contributed by atoms with Crippen molar-refractivity contribution in [1.29, 1.82) is 0 Å². The van der Waals surface area contributed by atoms with Gasteiger partial charge in [-0.2, -0.15) is 0 Å². The normalized spacial score (nSPS) is 16.0. The second-order valence-corrected chi connectivity index (χ2v) is 5.50. The number of H-pyrrole nitrogens is 1. The number of benzene rings is 1. The summed E-state index contributed by atoms with van der Waals surface area (Å²) < 4.78 is 17.9. The highest BCUT2D eigenvalue weighted by Gasteiger charge is 2.28. The maximum Gasteiger partial charge on any atom is 0.308 e. The van der Waals surface area contributed by atoms with Crippen LogP contribution in [0.4, 0.5) is 4.39 Å². The molecule has 0 bridgehead atoms. The van der Waals surface area contributed by atoms with E-state index in [4.69, 9.17) is 4.74 Å². The predicted octanol–water partition coefficient (Wildman–Crippen LogP) is 2.33. The van der Waals surface area contributed by atoms with Crippen LogP contribution < -0.4 is 0 Å². The van der Waals surface area contributed by atoms with Gasteiger partial charge in [0, 0.05) is 24.0 Å². The molecule has 1 saturated heterocycles. The summed E-state index contributed by atoms with van der Waals surface area (Å²) in [7, 11) is 1.38. The van der Waals surface area contributed by atoms with Gasteiger partial charge in [-0.3, -0.25) is 9.59 Å². The first-order chi connectivity index (χ1) is 10.6. The first-order valence-electron chi connectivity index (χ1n) is 7.24. The number of nitrogens with one attached hydrogen (secondary N) is 1. The smallest absolute Gasteiger partial charge is 0.308 e. The van der Waals surface area contributed by atoms with Crippen LogP contribution in [0.25, 0.3) is 10.9 Å². The van der Waals surface area contributed by atoms with Crippen LogP contribution in [-0.4, -0.2) is 42.0 Å². The molecule has 0 spiro atoms. The molecule has 1 aliphatic rings. The van der Waals surface area contributed by atoms with Gasteiger partial charge in [-0.05, 0) is 37.1 Å². The van der Waals surface area contributed by atoms with E-state index in [-0.39, 0.29) is 23.6 Å². The fourth-order valence-electron chi connectivity index (χ4n) is 2.87. The highest BCUT2D eigenvalue weighted by Crippen LogP contribution is 2.22. The summed E-state index contributed by atoms with van der Waals surface area (Å²) in [6.45, 7) is 1.03. The molecule has 1 amide bonds. The first-order valence-corrected chi connectivity index (χ1v) is 7.24. The molecule has 2 aromatic rings. The van der Waals surface area contributed by atoms with E-state index in [1.54, 1.807) is 17.0 Å². The highest BCUT2D eigenvalue weighted by atomic mass is 19.1. The van der Waals surface area contributed by atoms with E-state index >= 15 is 0 Å².